The second kappa shape index (κ2) is 3.56. The van der Waals surface area contributed by atoms with E-state index in [-0.39, 0.29) is 17.7 Å². The number of halogens is 1. The zero-order chi connectivity index (χ0) is 11.0. The number of amides is 1. The van der Waals surface area contributed by atoms with Gasteiger partial charge in [-0.2, -0.15) is 5.26 Å². The molecule has 0 spiro atoms. The summed E-state index contributed by atoms with van der Waals surface area (Å²) in [5.74, 6) is -0.352. The van der Waals surface area contributed by atoms with Crippen LogP contribution in [0, 0.1) is 17.2 Å². The van der Waals surface area contributed by atoms with Crippen LogP contribution in [-0.4, -0.2) is 5.91 Å². The highest BCUT2D eigenvalue weighted by Gasteiger charge is 2.43. The Morgan fingerprint density at radius 3 is 2.87 bits per heavy atom. The second-order valence-electron chi connectivity index (χ2n) is 3.69. The van der Waals surface area contributed by atoms with Crippen molar-refractivity contribution in [3.8, 4) is 6.07 Å². The Hall–Kier alpha value is -1.53. The molecule has 0 aromatic heterocycles. The Kier molecular flexibility index (Phi) is 2.37. The Balaban J connectivity index is 2.33. The van der Waals surface area contributed by atoms with Crippen molar-refractivity contribution in [3.63, 3.8) is 0 Å². The van der Waals surface area contributed by atoms with Gasteiger partial charge in [-0.05, 0) is 36.1 Å². The maximum Gasteiger partial charge on any atom is 0.221 e. The van der Waals surface area contributed by atoms with Crippen molar-refractivity contribution >= 4 is 17.5 Å². The highest BCUT2D eigenvalue weighted by molar-refractivity contribution is 6.30. The molecule has 0 heterocycles. The first-order chi connectivity index (χ1) is 7.13. The minimum Gasteiger partial charge on any atom is -0.369 e. The van der Waals surface area contributed by atoms with Crippen LogP contribution >= 0.6 is 11.6 Å². The largest absolute Gasteiger partial charge is 0.369 e. The molecule has 0 bridgehead atoms. The SMILES string of the molecule is N#Cc1ccc(Cl)cc1[C@@H]1C[C@H]1C(N)=O. The van der Waals surface area contributed by atoms with Crippen molar-refractivity contribution in [1.29, 1.82) is 5.26 Å². The molecule has 1 aromatic rings. The summed E-state index contributed by atoms with van der Waals surface area (Å²) in [7, 11) is 0. The predicted molar refractivity (Wildman–Crippen MR) is 56.2 cm³/mol. The first-order valence-electron chi connectivity index (χ1n) is 4.62. The van der Waals surface area contributed by atoms with Gasteiger partial charge in [0.1, 0.15) is 0 Å². The van der Waals surface area contributed by atoms with Gasteiger partial charge in [-0.25, -0.2) is 0 Å². The number of primary amides is 1. The van der Waals surface area contributed by atoms with Gasteiger partial charge >= 0.3 is 0 Å². The van der Waals surface area contributed by atoms with Gasteiger partial charge in [0.15, 0.2) is 0 Å². The Morgan fingerprint density at radius 2 is 2.33 bits per heavy atom. The van der Waals surface area contributed by atoms with Crippen LogP contribution in [0.4, 0.5) is 0 Å². The van der Waals surface area contributed by atoms with Gasteiger partial charge in [0.05, 0.1) is 11.6 Å². The monoisotopic (exact) mass is 220 g/mol. The molecule has 0 unspecified atom stereocenters. The Labute approximate surface area is 92.4 Å². The first kappa shape index (κ1) is 10.0. The molecule has 1 saturated carbocycles. The van der Waals surface area contributed by atoms with E-state index < -0.39 is 0 Å². The molecule has 1 aliphatic carbocycles. The van der Waals surface area contributed by atoms with Crippen LogP contribution in [0.3, 0.4) is 0 Å². The maximum atomic E-state index is 10.9. The van der Waals surface area contributed by atoms with E-state index in [1.54, 1.807) is 18.2 Å². The number of hydrogen-bond acceptors (Lipinski definition) is 2. The number of nitrogens with zero attached hydrogens (tertiary/aromatic N) is 1. The van der Waals surface area contributed by atoms with Gasteiger partial charge in [0.2, 0.25) is 5.91 Å². The highest BCUT2D eigenvalue weighted by Crippen LogP contribution is 2.48. The molecular weight excluding hydrogens is 212 g/mol. The van der Waals surface area contributed by atoms with E-state index in [0.717, 1.165) is 12.0 Å². The standard InChI is InChI=1S/C11H9ClN2O/c12-7-2-1-6(5-13)8(3-7)9-4-10(9)11(14)15/h1-3,9-10H,4H2,(H2,14,15)/t9-,10+/m0/s1. The van der Waals surface area contributed by atoms with Crippen molar-refractivity contribution < 1.29 is 4.79 Å². The summed E-state index contributed by atoms with van der Waals surface area (Å²) in [5, 5.41) is 9.48. The topological polar surface area (TPSA) is 66.9 Å². The Bertz CT molecular complexity index is 464. The number of nitriles is 1. The van der Waals surface area contributed by atoms with E-state index >= 15 is 0 Å². The lowest BCUT2D eigenvalue weighted by molar-refractivity contribution is -0.119. The van der Waals surface area contributed by atoms with Gasteiger partial charge in [0, 0.05) is 10.9 Å². The number of benzene rings is 1. The van der Waals surface area contributed by atoms with Gasteiger partial charge < -0.3 is 5.73 Å². The zero-order valence-corrected chi connectivity index (χ0v) is 8.66. The van der Waals surface area contributed by atoms with Crippen LogP contribution in [0.2, 0.25) is 5.02 Å². The molecule has 1 amide bonds. The Morgan fingerprint density at radius 1 is 1.60 bits per heavy atom. The number of rotatable bonds is 2. The molecule has 2 N–H and O–H groups in total. The summed E-state index contributed by atoms with van der Waals surface area (Å²) in [5.41, 5.74) is 6.62. The lowest BCUT2D eigenvalue weighted by atomic mass is 10.0. The lowest BCUT2D eigenvalue weighted by Crippen LogP contribution is -2.13. The first-order valence-corrected chi connectivity index (χ1v) is 5.00. The summed E-state index contributed by atoms with van der Waals surface area (Å²) in [6.45, 7) is 0. The maximum absolute atomic E-state index is 10.9. The van der Waals surface area contributed by atoms with Gasteiger partial charge in [-0.15, -0.1) is 0 Å². The molecule has 0 radical (unpaired) electrons. The molecule has 1 fully saturated rings. The summed E-state index contributed by atoms with van der Waals surface area (Å²) >= 11 is 5.85. The van der Waals surface area contributed by atoms with Crippen LogP contribution in [0.5, 0.6) is 0 Å². The summed E-state index contributed by atoms with van der Waals surface area (Å²) in [6.07, 6.45) is 0.727. The number of nitrogens with two attached hydrogens (primary N) is 1. The highest BCUT2D eigenvalue weighted by atomic mass is 35.5. The predicted octanol–water partition coefficient (Wildman–Crippen LogP) is 1.80. The fourth-order valence-corrected chi connectivity index (χ4v) is 1.98. The summed E-state index contributed by atoms with van der Waals surface area (Å²) < 4.78 is 0. The molecule has 15 heavy (non-hydrogen) atoms. The van der Waals surface area contributed by atoms with E-state index in [1.165, 1.54) is 0 Å². The van der Waals surface area contributed by atoms with Crippen LogP contribution in [-0.2, 0) is 4.79 Å². The smallest absolute Gasteiger partial charge is 0.221 e. The molecule has 4 heteroatoms. The number of carbonyl (C=O) groups excluding carboxylic acids is 1. The fraction of sp³-hybridized carbons (Fsp3) is 0.273. The average molecular weight is 221 g/mol. The van der Waals surface area contributed by atoms with Crippen LogP contribution < -0.4 is 5.73 Å². The summed E-state index contributed by atoms with van der Waals surface area (Å²) in [6, 6.07) is 7.18. The molecule has 3 nitrogen and oxygen atoms in total. The van der Waals surface area contributed by atoms with Crippen LogP contribution in [0.15, 0.2) is 18.2 Å². The van der Waals surface area contributed by atoms with E-state index in [4.69, 9.17) is 22.6 Å². The molecular formula is C11H9ClN2O. The summed E-state index contributed by atoms with van der Waals surface area (Å²) in [4.78, 5) is 10.9. The van der Waals surface area contributed by atoms with Gasteiger partial charge in [-0.3, -0.25) is 4.79 Å². The third-order valence-electron chi connectivity index (χ3n) is 2.69. The third kappa shape index (κ3) is 1.81. The average Bonchev–Trinajstić information content (AvgIpc) is 2.97. The minimum absolute atomic E-state index is 0.0795. The van der Waals surface area contributed by atoms with Crippen molar-refractivity contribution in [2.45, 2.75) is 12.3 Å². The molecule has 76 valence electrons. The number of hydrogen-bond donors (Lipinski definition) is 1. The van der Waals surface area contributed by atoms with Gasteiger partial charge in [0.25, 0.3) is 0 Å². The molecule has 0 aliphatic heterocycles. The van der Waals surface area contributed by atoms with Crippen molar-refractivity contribution in [2.24, 2.45) is 11.7 Å². The van der Waals surface area contributed by atoms with Gasteiger partial charge in [-0.1, -0.05) is 11.6 Å². The van der Waals surface area contributed by atoms with Crippen LogP contribution in [0.1, 0.15) is 23.5 Å². The lowest BCUT2D eigenvalue weighted by Gasteiger charge is -2.02. The molecule has 1 aromatic carbocycles. The van der Waals surface area contributed by atoms with Crippen molar-refractivity contribution in [1.82, 2.24) is 0 Å². The second-order valence-corrected chi connectivity index (χ2v) is 4.13. The van der Waals surface area contributed by atoms with Crippen molar-refractivity contribution in [2.75, 3.05) is 0 Å². The fourth-order valence-electron chi connectivity index (χ4n) is 1.80. The zero-order valence-electron chi connectivity index (χ0n) is 7.90. The van der Waals surface area contributed by atoms with E-state index in [9.17, 15) is 4.79 Å². The molecule has 2 rings (SSSR count). The molecule has 1 aliphatic rings. The van der Waals surface area contributed by atoms with Crippen LogP contribution in [0.25, 0.3) is 0 Å². The quantitative estimate of drug-likeness (QED) is 0.826. The minimum atomic E-state index is -0.302. The normalized spacial score (nSPS) is 23.2. The van der Waals surface area contributed by atoms with Crippen molar-refractivity contribution in [3.05, 3.63) is 34.3 Å². The molecule has 0 saturated heterocycles. The third-order valence-corrected chi connectivity index (χ3v) is 2.92. The number of carbonyl (C=O) groups is 1. The van der Waals surface area contributed by atoms with E-state index in [1.807, 2.05) is 0 Å². The molecule has 2 atom stereocenters. The van der Waals surface area contributed by atoms with E-state index in [0.29, 0.717) is 10.6 Å². The van der Waals surface area contributed by atoms with E-state index in [2.05, 4.69) is 6.07 Å².